The van der Waals surface area contributed by atoms with E-state index in [1.807, 2.05) is 50.2 Å². The standard InChI is InChI=1S/C23H28N2O4/c1-15(2)11-19(23(28)24-22-16(3)29-14-20(22)26)12-21(27)25-10-9-18(13-25)17-7-5-4-6-8-17/h4-10,13,15-16,19,22H,11-12,14H2,1-3H3,(H,24,28). The average Bonchev–Trinajstić information content (AvgIpc) is 3.30. The first kappa shape index (κ1) is 21.0. The number of amides is 1. The maximum absolute atomic E-state index is 12.8. The van der Waals surface area contributed by atoms with Crippen LogP contribution in [0.3, 0.4) is 0 Å². The molecular weight excluding hydrogens is 368 g/mol. The molecule has 3 atom stereocenters. The molecule has 1 aromatic heterocycles. The first-order chi connectivity index (χ1) is 13.8. The molecule has 1 amide bonds. The molecule has 1 fully saturated rings. The van der Waals surface area contributed by atoms with Gasteiger partial charge >= 0.3 is 0 Å². The highest BCUT2D eigenvalue weighted by Gasteiger charge is 2.35. The molecule has 0 radical (unpaired) electrons. The zero-order chi connectivity index (χ0) is 21.0. The van der Waals surface area contributed by atoms with Gasteiger partial charge in [-0.1, -0.05) is 44.2 Å². The Bertz CT molecular complexity index is 872. The van der Waals surface area contributed by atoms with E-state index in [4.69, 9.17) is 4.74 Å². The Hall–Kier alpha value is -2.73. The van der Waals surface area contributed by atoms with Crippen molar-refractivity contribution in [2.75, 3.05) is 6.61 Å². The summed E-state index contributed by atoms with van der Waals surface area (Å²) < 4.78 is 6.84. The monoisotopic (exact) mass is 396 g/mol. The number of aromatic nitrogens is 1. The van der Waals surface area contributed by atoms with Crippen molar-refractivity contribution in [3.05, 3.63) is 48.8 Å². The fourth-order valence-electron chi connectivity index (χ4n) is 3.65. The fraction of sp³-hybridized carbons (Fsp3) is 0.435. The quantitative estimate of drug-likeness (QED) is 0.779. The predicted molar refractivity (Wildman–Crippen MR) is 110 cm³/mol. The first-order valence-electron chi connectivity index (χ1n) is 10.1. The van der Waals surface area contributed by atoms with Crippen LogP contribution in [-0.4, -0.2) is 40.9 Å². The third-order valence-electron chi connectivity index (χ3n) is 5.24. The Labute approximate surface area is 171 Å². The largest absolute Gasteiger partial charge is 0.368 e. The van der Waals surface area contributed by atoms with Gasteiger partial charge in [0, 0.05) is 24.7 Å². The highest BCUT2D eigenvalue weighted by Crippen LogP contribution is 2.22. The third kappa shape index (κ3) is 5.21. The van der Waals surface area contributed by atoms with Crippen molar-refractivity contribution in [3.63, 3.8) is 0 Å². The number of ketones is 1. The second kappa shape index (κ2) is 9.18. The van der Waals surface area contributed by atoms with Crippen LogP contribution in [-0.2, 0) is 14.3 Å². The van der Waals surface area contributed by atoms with Crippen molar-refractivity contribution >= 4 is 17.6 Å². The minimum absolute atomic E-state index is 0.0194. The molecule has 0 spiro atoms. The van der Waals surface area contributed by atoms with E-state index in [2.05, 4.69) is 5.32 Å². The number of Topliss-reactive ketones (excluding diaryl/α,β-unsaturated/α-hetero) is 1. The average molecular weight is 396 g/mol. The van der Waals surface area contributed by atoms with Crippen molar-refractivity contribution < 1.29 is 19.1 Å². The summed E-state index contributed by atoms with van der Waals surface area (Å²) in [5.74, 6) is -0.784. The number of nitrogens with one attached hydrogen (secondary N) is 1. The molecule has 154 valence electrons. The molecule has 1 aliphatic rings. The smallest absolute Gasteiger partial charge is 0.231 e. The summed E-state index contributed by atoms with van der Waals surface area (Å²) in [6.07, 6.45) is 3.83. The molecular formula is C23H28N2O4. The van der Waals surface area contributed by atoms with Crippen LogP contribution in [0.1, 0.15) is 38.4 Å². The van der Waals surface area contributed by atoms with E-state index < -0.39 is 12.0 Å². The lowest BCUT2D eigenvalue weighted by Crippen LogP contribution is -2.46. The summed E-state index contributed by atoms with van der Waals surface area (Å²) in [5, 5.41) is 2.80. The number of hydrogen-bond acceptors (Lipinski definition) is 4. The van der Waals surface area contributed by atoms with Crippen molar-refractivity contribution in [3.8, 4) is 11.1 Å². The first-order valence-corrected chi connectivity index (χ1v) is 10.1. The molecule has 0 saturated carbocycles. The maximum atomic E-state index is 12.8. The lowest BCUT2D eigenvalue weighted by molar-refractivity contribution is -0.129. The van der Waals surface area contributed by atoms with Gasteiger partial charge in [0.2, 0.25) is 11.8 Å². The second-order valence-electron chi connectivity index (χ2n) is 8.07. The number of carbonyl (C=O) groups excluding carboxylic acids is 3. The van der Waals surface area contributed by atoms with Crippen LogP contribution in [0.4, 0.5) is 0 Å². The van der Waals surface area contributed by atoms with Crippen LogP contribution in [0.15, 0.2) is 48.8 Å². The molecule has 3 rings (SSSR count). The van der Waals surface area contributed by atoms with E-state index in [-0.39, 0.29) is 42.6 Å². The Balaban J connectivity index is 1.69. The van der Waals surface area contributed by atoms with Gasteiger partial charge in [-0.05, 0) is 36.5 Å². The molecule has 0 bridgehead atoms. The van der Waals surface area contributed by atoms with Gasteiger partial charge in [0.1, 0.15) is 12.6 Å². The van der Waals surface area contributed by atoms with Crippen LogP contribution in [0, 0.1) is 11.8 Å². The van der Waals surface area contributed by atoms with Gasteiger partial charge in [-0.3, -0.25) is 19.0 Å². The molecule has 1 saturated heterocycles. The normalized spacial score (nSPS) is 20.1. The van der Waals surface area contributed by atoms with E-state index in [9.17, 15) is 14.4 Å². The molecule has 1 N–H and O–H groups in total. The van der Waals surface area contributed by atoms with Gasteiger partial charge in [0.25, 0.3) is 0 Å². The summed E-state index contributed by atoms with van der Waals surface area (Å²) in [7, 11) is 0. The van der Waals surface area contributed by atoms with E-state index in [0.29, 0.717) is 6.42 Å². The topological polar surface area (TPSA) is 77.4 Å². The van der Waals surface area contributed by atoms with E-state index in [1.54, 1.807) is 19.3 Å². The molecule has 3 unspecified atom stereocenters. The fourth-order valence-corrected chi connectivity index (χ4v) is 3.65. The van der Waals surface area contributed by atoms with Gasteiger partial charge in [-0.2, -0.15) is 0 Å². The zero-order valence-electron chi connectivity index (χ0n) is 17.1. The summed E-state index contributed by atoms with van der Waals surface area (Å²) in [6.45, 7) is 5.82. The molecule has 1 aromatic carbocycles. The van der Waals surface area contributed by atoms with Crippen molar-refractivity contribution in [2.45, 2.75) is 45.8 Å². The molecule has 29 heavy (non-hydrogen) atoms. The Kier molecular flexibility index (Phi) is 6.64. The van der Waals surface area contributed by atoms with Crippen molar-refractivity contribution in [2.24, 2.45) is 11.8 Å². The van der Waals surface area contributed by atoms with Gasteiger partial charge in [-0.25, -0.2) is 0 Å². The summed E-state index contributed by atoms with van der Waals surface area (Å²) in [4.78, 5) is 37.6. The van der Waals surface area contributed by atoms with Crippen LogP contribution in [0.5, 0.6) is 0 Å². The molecule has 2 aromatic rings. The number of nitrogens with zero attached hydrogens (tertiary/aromatic N) is 1. The number of carbonyl (C=O) groups is 3. The lowest BCUT2D eigenvalue weighted by Gasteiger charge is -2.21. The van der Waals surface area contributed by atoms with Crippen molar-refractivity contribution in [1.82, 2.24) is 9.88 Å². The second-order valence-corrected chi connectivity index (χ2v) is 8.07. The number of rotatable bonds is 7. The zero-order valence-corrected chi connectivity index (χ0v) is 17.1. The maximum Gasteiger partial charge on any atom is 0.231 e. The molecule has 1 aliphatic heterocycles. The molecule has 6 heteroatoms. The highest BCUT2D eigenvalue weighted by molar-refractivity contribution is 5.93. The Morgan fingerprint density at radius 2 is 1.90 bits per heavy atom. The van der Waals surface area contributed by atoms with Crippen LogP contribution in [0.25, 0.3) is 11.1 Å². The SMILES string of the molecule is CC(C)CC(CC(=O)n1ccc(-c2ccccc2)c1)C(=O)NC1C(=O)COC1C. The predicted octanol–water partition coefficient (Wildman–Crippen LogP) is 3.32. The summed E-state index contributed by atoms with van der Waals surface area (Å²) in [5.41, 5.74) is 1.98. The minimum atomic E-state index is -0.636. The molecule has 6 nitrogen and oxygen atoms in total. The van der Waals surface area contributed by atoms with Crippen LogP contribution >= 0.6 is 0 Å². The lowest BCUT2D eigenvalue weighted by atomic mass is 9.92. The number of hydrogen-bond donors (Lipinski definition) is 1. The number of ether oxygens (including phenoxy) is 1. The minimum Gasteiger partial charge on any atom is -0.368 e. The summed E-state index contributed by atoms with van der Waals surface area (Å²) in [6, 6.07) is 11.1. The van der Waals surface area contributed by atoms with E-state index in [1.165, 1.54) is 4.57 Å². The number of benzene rings is 1. The Morgan fingerprint density at radius 1 is 1.17 bits per heavy atom. The summed E-state index contributed by atoms with van der Waals surface area (Å²) >= 11 is 0. The van der Waals surface area contributed by atoms with E-state index in [0.717, 1.165) is 11.1 Å². The molecule has 2 heterocycles. The van der Waals surface area contributed by atoms with Crippen molar-refractivity contribution in [1.29, 1.82) is 0 Å². The third-order valence-corrected chi connectivity index (χ3v) is 5.24. The molecule has 0 aliphatic carbocycles. The van der Waals surface area contributed by atoms with E-state index >= 15 is 0 Å². The van der Waals surface area contributed by atoms with Gasteiger partial charge in [0.05, 0.1) is 6.10 Å². The highest BCUT2D eigenvalue weighted by atomic mass is 16.5. The Morgan fingerprint density at radius 3 is 2.52 bits per heavy atom. The van der Waals surface area contributed by atoms with Crippen LogP contribution < -0.4 is 5.32 Å². The van der Waals surface area contributed by atoms with Gasteiger partial charge in [0.15, 0.2) is 5.78 Å². The van der Waals surface area contributed by atoms with Gasteiger partial charge < -0.3 is 10.1 Å². The van der Waals surface area contributed by atoms with Gasteiger partial charge in [-0.15, -0.1) is 0 Å². The van der Waals surface area contributed by atoms with Crippen LogP contribution in [0.2, 0.25) is 0 Å².